The van der Waals surface area contributed by atoms with Crippen LogP contribution in [-0.2, 0) is 0 Å². The maximum absolute atomic E-state index is 13.7. The molecule has 1 heterocycles. The van der Waals surface area contributed by atoms with E-state index in [4.69, 9.17) is 16.3 Å². The summed E-state index contributed by atoms with van der Waals surface area (Å²) < 4.78 is 20.1. The van der Waals surface area contributed by atoms with Crippen molar-refractivity contribution in [1.29, 1.82) is 0 Å². The molecule has 0 fully saturated rings. The molecule has 1 unspecified atom stereocenters. The van der Waals surface area contributed by atoms with Crippen molar-refractivity contribution in [3.8, 4) is 5.75 Å². The van der Waals surface area contributed by atoms with Crippen LogP contribution in [0.5, 0.6) is 5.75 Å². The molecule has 3 aromatic rings. The normalized spacial score (nSPS) is 16.9. The first kappa shape index (κ1) is 24.1. The molecule has 0 amide bonds. The predicted octanol–water partition coefficient (Wildman–Crippen LogP) is 2.34. The van der Waals surface area contributed by atoms with Gasteiger partial charge in [-0.15, -0.1) is 0 Å². The van der Waals surface area contributed by atoms with Gasteiger partial charge < -0.3 is 22.0 Å². The first-order valence-corrected chi connectivity index (χ1v) is 10.8. The van der Waals surface area contributed by atoms with E-state index >= 15 is 0 Å². The number of rotatable bonds is 4. The average molecular weight is 470 g/mol. The van der Waals surface area contributed by atoms with E-state index in [-0.39, 0.29) is 24.1 Å². The highest BCUT2D eigenvalue weighted by Gasteiger charge is 2.31. The van der Waals surface area contributed by atoms with Crippen LogP contribution in [0.2, 0.25) is 0 Å². The molecule has 4 rings (SSSR count). The third-order valence-corrected chi connectivity index (χ3v) is 5.84. The van der Waals surface area contributed by atoms with Crippen LogP contribution >= 0.6 is 11.6 Å². The van der Waals surface area contributed by atoms with Crippen LogP contribution in [0, 0.1) is 12.7 Å². The molecule has 2 nitrogen and oxygen atoms in total. The molecule has 1 aliphatic rings. The van der Waals surface area contributed by atoms with Crippen LogP contribution < -0.4 is 22.0 Å². The van der Waals surface area contributed by atoms with E-state index in [1.54, 1.807) is 0 Å². The van der Waals surface area contributed by atoms with Crippen molar-refractivity contribution in [1.82, 2.24) is 0 Å². The summed E-state index contributed by atoms with van der Waals surface area (Å²) in [7, 11) is 4.20. The zero-order valence-corrected chi connectivity index (χ0v) is 19.8. The molecule has 1 atom stereocenters. The summed E-state index contributed by atoms with van der Waals surface area (Å²) in [6, 6.07) is 22.8. The van der Waals surface area contributed by atoms with Crippen LogP contribution in [0.4, 0.5) is 4.39 Å². The molecular formula is C27H26Cl2FNO. The molecule has 0 aliphatic carbocycles. The number of hydrogen-bond donors (Lipinski definition) is 1. The minimum atomic E-state index is -0.257. The Morgan fingerprint density at radius 2 is 1.62 bits per heavy atom. The second-order valence-electron chi connectivity index (χ2n) is 8.20. The van der Waals surface area contributed by atoms with Gasteiger partial charge in [0, 0.05) is 17.0 Å². The minimum Gasteiger partial charge on any atom is -1.00 e. The number of quaternary nitrogens is 1. The Morgan fingerprint density at radius 1 is 0.969 bits per heavy atom. The van der Waals surface area contributed by atoms with Crippen LogP contribution in [0.15, 0.2) is 89.5 Å². The summed E-state index contributed by atoms with van der Waals surface area (Å²) >= 11 is 7.08. The molecular weight excluding hydrogens is 444 g/mol. The molecule has 0 aromatic heterocycles. The number of likely N-dealkylation sites (N-methyl/N-ethyl adjacent to an activating group) is 1. The van der Waals surface area contributed by atoms with Gasteiger partial charge in [-0.3, -0.25) is 0 Å². The number of hydrogen-bond acceptors (Lipinski definition) is 1. The Bertz CT molecular complexity index is 1140. The van der Waals surface area contributed by atoms with E-state index in [2.05, 4.69) is 45.3 Å². The summed E-state index contributed by atoms with van der Waals surface area (Å²) in [5.74, 6) is 0.976. The van der Waals surface area contributed by atoms with E-state index in [0.29, 0.717) is 10.8 Å². The number of nitrogens with one attached hydrogen (secondary N) is 1. The van der Waals surface area contributed by atoms with Gasteiger partial charge in [-0.25, -0.2) is 4.39 Å². The number of benzene rings is 3. The minimum absolute atomic E-state index is 0. The first-order chi connectivity index (χ1) is 14.9. The Labute approximate surface area is 200 Å². The third kappa shape index (κ3) is 5.07. The maximum Gasteiger partial charge on any atom is 0.153 e. The fourth-order valence-electron chi connectivity index (χ4n) is 3.82. The van der Waals surface area contributed by atoms with Crippen molar-refractivity contribution < 1.29 is 26.4 Å². The second-order valence-corrected chi connectivity index (χ2v) is 8.58. The van der Waals surface area contributed by atoms with Crippen molar-refractivity contribution in [3.05, 3.63) is 118 Å². The van der Waals surface area contributed by atoms with E-state index < -0.39 is 0 Å². The zero-order chi connectivity index (χ0) is 22.0. The smallest absolute Gasteiger partial charge is 0.153 e. The standard InChI is InChI=1S/C27H25ClFNO.ClH/c1-18-8-10-20(11-9-18)27-26(28)23(16-17-30(2)3)25(19-12-14-21(29)15-13-19)22-6-4-5-7-24(22)31-27;/h4-16,25H,17H2,1-3H3;1H. The molecule has 32 heavy (non-hydrogen) atoms. The lowest BCUT2D eigenvalue weighted by atomic mass is 9.83. The van der Waals surface area contributed by atoms with Gasteiger partial charge in [-0.1, -0.05) is 71.8 Å². The van der Waals surface area contributed by atoms with Gasteiger partial charge in [0.1, 0.15) is 11.6 Å². The van der Waals surface area contributed by atoms with Crippen LogP contribution in [0.25, 0.3) is 5.76 Å². The average Bonchev–Trinajstić information content (AvgIpc) is 2.88. The molecule has 0 radical (unpaired) electrons. The molecule has 0 spiro atoms. The van der Waals surface area contributed by atoms with Crippen molar-refractivity contribution in [2.75, 3.05) is 20.6 Å². The quantitative estimate of drug-likeness (QED) is 0.618. The van der Waals surface area contributed by atoms with Gasteiger partial charge >= 0.3 is 0 Å². The molecule has 0 saturated heterocycles. The van der Waals surface area contributed by atoms with E-state index in [1.165, 1.54) is 22.6 Å². The molecule has 1 aliphatic heterocycles. The summed E-state index contributed by atoms with van der Waals surface area (Å²) in [6.45, 7) is 2.85. The summed E-state index contributed by atoms with van der Waals surface area (Å²) in [5.41, 5.74) is 5.05. The largest absolute Gasteiger partial charge is 1.00 e. The van der Waals surface area contributed by atoms with Gasteiger partial charge in [0.25, 0.3) is 0 Å². The fourth-order valence-corrected chi connectivity index (χ4v) is 4.15. The highest BCUT2D eigenvalue weighted by atomic mass is 35.5. The second kappa shape index (κ2) is 10.4. The molecule has 166 valence electrons. The number of fused-ring (bicyclic) bond motifs is 1. The molecule has 3 aromatic carbocycles. The van der Waals surface area contributed by atoms with Crippen LogP contribution in [0.1, 0.15) is 28.2 Å². The van der Waals surface area contributed by atoms with Crippen LogP contribution in [-0.4, -0.2) is 20.6 Å². The number of aryl methyl sites for hydroxylation is 1. The number of para-hydroxylation sites is 1. The van der Waals surface area contributed by atoms with E-state index in [1.807, 2.05) is 42.5 Å². The van der Waals surface area contributed by atoms with Crippen molar-refractivity contribution >= 4 is 17.4 Å². The van der Waals surface area contributed by atoms with Gasteiger partial charge in [0.05, 0.1) is 25.7 Å². The molecule has 1 N–H and O–H groups in total. The highest BCUT2D eigenvalue weighted by Crippen LogP contribution is 2.47. The lowest BCUT2D eigenvalue weighted by Crippen LogP contribution is -3.05. The Balaban J connectivity index is 0.00000289. The summed E-state index contributed by atoms with van der Waals surface area (Å²) in [5, 5.41) is 0.579. The summed E-state index contributed by atoms with van der Waals surface area (Å²) in [4.78, 5) is 1.28. The van der Waals surface area contributed by atoms with Crippen molar-refractivity contribution in [2.24, 2.45) is 0 Å². The van der Waals surface area contributed by atoms with Crippen LogP contribution in [0.3, 0.4) is 0 Å². The van der Waals surface area contributed by atoms with Crippen molar-refractivity contribution in [2.45, 2.75) is 12.8 Å². The molecule has 0 saturated carbocycles. The fraction of sp³-hybridized carbons (Fsp3) is 0.185. The predicted molar refractivity (Wildman–Crippen MR) is 125 cm³/mol. The SMILES string of the molecule is Cc1ccc(C2=C(Cl)C(=CC[NH+](C)C)C(c3ccc(F)cc3)c3ccccc3O2)cc1.[Cl-]. The Morgan fingerprint density at radius 3 is 2.28 bits per heavy atom. The van der Waals surface area contributed by atoms with Gasteiger partial charge in [-0.2, -0.15) is 0 Å². The number of allylic oxidation sites excluding steroid dienone is 2. The Kier molecular flexibility index (Phi) is 7.78. The number of ether oxygens (including phenoxy) is 1. The topological polar surface area (TPSA) is 13.7 Å². The van der Waals surface area contributed by atoms with E-state index in [9.17, 15) is 4.39 Å². The van der Waals surface area contributed by atoms with E-state index in [0.717, 1.165) is 34.6 Å². The molecule has 0 bridgehead atoms. The number of halogens is 3. The Hall–Kier alpha value is -2.59. The zero-order valence-electron chi connectivity index (χ0n) is 18.3. The monoisotopic (exact) mass is 469 g/mol. The lowest BCUT2D eigenvalue weighted by Gasteiger charge is -2.21. The molecule has 5 heteroatoms. The first-order valence-electron chi connectivity index (χ1n) is 10.4. The third-order valence-electron chi connectivity index (χ3n) is 5.45. The van der Waals surface area contributed by atoms with Gasteiger partial charge in [0.15, 0.2) is 5.76 Å². The lowest BCUT2D eigenvalue weighted by molar-refractivity contribution is -0.851. The summed E-state index contributed by atoms with van der Waals surface area (Å²) in [6.07, 6.45) is 2.17. The van der Waals surface area contributed by atoms with Gasteiger partial charge in [-0.05, 0) is 42.3 Å². The van der Waals surface area contributed by atoms with Crippen molar-refractivity contribution in [3.63, 3.8) is 0 Å². The highest BCUT2D eigenvalue weighted by molar-refractivity contribution is 6.35. The maximum atomic E-state index is 13.7. The van der Waals surface area contributed by atoms with Gasteiger partial charge in [0.2, 0.25) is 0 Å².